The van der Waals surface area contributed by atoms with Crippen molar-refractivity contribution in [2.45, 2.75) is 0 Å². The molecule has 0 unspecified atom stereocenters. The molecular formula is C10H16ClN3O2S. The molecule has 0 spiro atoms. The van der Waals surface area contributed by atoms with Gasteiger partial charge in [0.1, 0.15) is 0 Å². The molecule has 0 aliphatic rings. The van der Waals surface area contributed by atoms with Crippen molar-refractivity contribution in [3.63, 3.8) is 0 Å². The van der Waals surface area contributed by atoms with Gasteiger partial charge in [0.2, 0.25) is 0 Å². The summed E-state index contributed by atoms with van der Waals surface area (Å²) in [6.45, 7) is 0. The summed E-state index contributed by atoms with van der Waals surface area (Å²) < 4.78 is 27.1. The van der Waals surface area contributed by atoms with Crippen LogP contribution in [0.3, 0.4) is 0 Å². The highest BCUT2D eigenvalue weighted by Gasteiger charge is 2.17. The Labute approximate surface area is 107 Å². The zero-order valence-electron chi connectivity index (χ0n) is 10.2. The maximum absolute atomic E-state index is 11.7. The van der Waals surface area contributed by atoms with Gasteiger partial charge in [-0.25, -0.2) is 0 Å². The molecule has 17 heavy (non-hydrogen) atoms. The maximum atomic E-state index is 11.7. The molecule has 1 rings (SSSR count). The smallest absolute Gasteiger partial charge is 0.301 e. The van der Waals surface area contributed by atoms with Gasteiger partial charge in [-0.1, -0.05) is 17.7 Å². The third-order valence-corrected chi connectivity index (χ3v) is 3.90. The second kappa shape index (κ2) is 5.12. The van der Waals surface area contributed by atoms with Crippen LogP contribution in [0.2, 0.25) is 5.02 Å². The van der Waals surface area contributed by atoms with Gasteiger partial charge in [-0.05, 0) is 12.1 Å². The molecular weight excluding hydrogens is 262 g/mol. The Hall–Kier alpha value is -0.980. The molecule has 1 aromatic rings. The molecule has 0 radical (unpaired) electrons. The second-order valence-electron chi connectivity index (χ2n) is 3.92. The Morgan fingerprint density at radius 1 is 1.18 bits per heavy atom. The quantitative estimate of drug-likeness (QED) is 0.910. The lowest BCUT2D eigenvalue weighted by Crippen LogP contribution is -2.29. The Morgan fingerprint density at radius 3 is 2.24 bits per heavy atom. The first-order chi connectivity index (χ1) is 7.75. The van der Waals surface area contributed by atoms with Gasteiger partial charge in [-0.2, -0.15) is 12.7 Å². The van der Waals surface area contributed by atoms with Gasteiger partial charge in [0, 0.05) is 28.2 Å². The average molecular weight is 278 g/mol. The Bertz CT molecular complexity index is 500. The first-order valence-electron chi connectivity index (χ1n) is 4.92. The molecule has 1 aromatic carbocycles. The summed E-state index contributed by atoms with van der Waals surface area (Å²) in [6, 6.07) is 5.08. The molecule has 0 fully saturated rings. The molecule has 7 heteroatoms. The van der Waals surface area contributed by atoms with E-state index in [0.717, 1.165) is 4.31 Å². The van der Waals surface area contributed by atoms with Crippen LogP contribution in [0.15, 0.2) is 18.2 Å². The average Bonchev–Trinajstić information content (AvgIpc) is 2.15. The zero-order valence-corrected chi connectivity index (χ0v) is 11.8. The molecule has 0 amide bonds. The number of nitrogens with zero attached hydrogens (tertiary/aromatic N) is 2. The minimum atomic E-state index is -3.53. The molecule has 5 nitrogen and oxygen atoms in total. The molecule has 96 valence electrons. The monoisotopic (exact) mass is 277 g/mol. The number of hydrogen-bond acceptors (Lipinski definition) is 3. The molecule has 0 aliphatic heterocycles. The molecule has 1 N–H and O–H groups in total. The van der Waals surface area contributed by atoms with Crippen LogP contribution in [0, 0.1) is 0 Å². The highest BCUT2D eigenvalue weighted by atomic mass is 35.5. The van der Waals surface area contributed by atoms with Gasteiger partial charge in [-0.3, -0.25) is 4.72 Å². The number of para-hydroxylation sites is 1. The van der Waals surface area contributed by atoms with Crippen LogP contribution < -0.4 is 9.62 Å². The van der Waals surface area contributed by atoms with Crippen molar-refractivity contribution in [3.8, 4) is 0 Å². The van der Waals surface area contributed by atoms with E-state index in [1.807, 2.05) is 0 Å². The minimum Gasteiger partial charge on any atom is -0.375 e. The van der Waals surface area contributed by atoms with Crippen LogP contribution in [0.1, 0.15) is 0 Å². The van der Waals surface area contributed by atoms with E-state index in [9.17, 15) is 8.42 Å². The zero-order chi connectivity index (χ0) is 13.2. The van der Waals surface area contributed by atoms with Gasteiger partial charge < -0.3 is 4.90 Å². The third kappa shape index (κ3) is 3.24. The summed E-state index contributed by atoms with van der Waals surface area (Å²) >= 11 is 6.04. The van der Waals surface area contributed by atoms with Crippen molar-refractivity contribution in [1.29, 1.82) is 0 Å². The molecule has 0 saturated heterocycles. The van der Waals surface area contributed by atoms with Crippen molar-refractivity contribution >= 4 is 33.2 Å². The van der Waals surface area contributed by atoms with Gasteiger partial charge in [0.25, 0.3) is 0 Å². The number of rotatable bonds is 4. The van der Waals surface area contributed by atoms with Crippen LogP contribution in [0.4, 0.5) is 11.4 Å². The Balaban J connectivity index is 3.21. The Kier molecular flexibility index (Phi) is 4.24. The van der Waals surface area contributed by atoms with E-state index in [0.29, 0.717) is 16.4 Å². The fraction of sp³-hybridized carbons (Fsp3) is 0.400. The summed E-state index contributed by atoms with van der Waals surface area (Å²) in [5.41, 5.74) is 1.09. The molecule has 0 heterocycles. The predicted molar refractivity (Wildman–Crippen MR) is 72.0 cm³/mol. The van der Waals surface area contributed by atoms with Crippen molar-refractivity contribution in [3.05, 3.63) is 23.2 Å². The Morgan fingerprint density at radius 2 is 1.76 bits per heavy atom. The molecule has 0 saturated carbocycles. The van der Waals surface area contributed by atoms with E-state index in [4.69, 9.17) is 11.6 Å². The summed E-state index contributed by atoms with van der Waals surface area (Å²) in [7, 11) is 3.00. The van der Waals surface area contributed by atoms with Gasteiger partial charge >= 0.3 is 10.2 Å². The van der Waals surface area contributed by atoms with Crippen LogP contribution in [0.25, 0.3) is 0 Å². The number of hydrogen-bond donors (Lipinski definition) is 1. The fourth-order valence-electron chi connectivity index (χ4n) is 1.28. The summed E-state index contributed by atoms with van der Waals surface area (Å²) in [4.78, 5) is 1.76. The highest BCUT2D eigenvalue weighted by molar-refractivity contribution is 7.90. The van der Waals surface area contributed by atoms with Crippen molar-refractivity contribution < 1.29 is 8.42 Å². The third-order valence-electron chi connectivity index (χ3n) is 2.15. The van der Waals surface area contributed by atoms with Crippen LogP contribution in [-0.4, -0.2) is 40.9 Å². The van der Waals surface area contributed by atoms with Gasteiger partial charge in [0.05, 0.1) is 16.4 Å². The second-order valence-corrected chi connectivity index (χ2v) is 6.21. The number of nitrogens with one attached hydrogen (secondary N) is 1. The number of halogens is 1. The van der Waals surface area contributed by atoms with Gasteiger partial charge in [-0.15, -0.1) is 0 Å². The first-order valence-corrected chi connectivity index (χ1v) is 6.73. The molecule has 0 aromatic heterocycles. The first kappa shape index (κ1) is 14.1. The van der Waals surface area contributed by atoms with E-state index in [1.54, 1.807) is 37.2 Å². The summed E-state index contributed by atoms with van der Waals surface area (Å²) in [5, 5.41) is 0.494. The summed E-state index contributed by atoms with van der Waals surface area (Å²) in [5.74, 6) is 0. The predicted octanol–water partition coefficient (Wildman–Crippen LogP) is 1.62. The molecule has 0 atom stereocenters. The minimum absolute atomic E-state index is 0.455. The summed E-state index contributed by atoms with van der Waals surface area (Å²) in [6.07, 6.45) is 0. The largest absolute Gasteiger partial charge is 0.375 e. The topological polar surface area (TPSA) is 52.7 Å². The van der Waals surface area contributed by atoms with Crippen molar-refractivity contribution in [1.82, 2.24) is 4.31 Å². The number of benzene rings is 1. The van der Waals surface area contributed by atoms with E-state index in [1.165, 1.54) is 14.1 Å². The lowest BCUT2D eigenvalue weighted by Gasteiger charge is -2.21. The normalized spacial score (nSPS) is 11.6. The van der Waals surface area contributed by atoms with E-state index in [-0.39, 0.29) is 0 Å². The SMILES string of the molecule is CN(C)c1c(Cl)cccc1NS(=O)(=O)N(C)C. The lowest BCUT2D eigenvalue weighted by molar-refractivity contribution is 0.527. The van der Waals surface area contributed by atoms with Gasteiger partial charge in [0.15, 0.2) is 0 Å². The molecule has 0 bridgehead atoms. The maximum Gasteiger partial charge on any atom is 0.301 e. The number of anilines is 2. The fourth-order valence-corrected chi connectivity index (χ4v) is 2.25. The van der Waals surface area contributed by atoms with Crippen LogP contribution >= 0.6 is 11.6 Å². The molecule has 0 aliphatic carbocycles. The van der Waals surface area contributed by atoms with E-state index < -0.39 is 10.2 Å². The highest BCUT2D eigenvalue weighted by Crippen LogP contribution is 2.33. The van der Waals surface area contributed by atoms with E-state index in [2.05, 4.69) is 4.72 Å². The van der Waals surface area contributed by atoms with Crippen LogP contribution in [0.5, 0.6) is 0 Å². The van der Waals surface area contributed by atoms with E-state index >= 15 is 0 Å². The van der Waals surface area contributed by atoms with Crippen molar-refractivity contribution in [2.24, 2.45) is 0 Å². The van der Waals surface area contributed by atoms with Crippen LogP contribution in [-0.2, 0) is 10.2 Å². The van der Waals surface area contributed by atoms with Crippen molar-refractivity contribution in [2.75, 3.05) is 37.8 Å². The lowest BCUT2D eigenvalue weighted by atomic mass is 10.2. The standard InChI is InChI=1S/C10H16ClN3O2S/c1-13(2)10-8(11)6-5-7-9(10)12-17(15,16)14(3)4/h5-7,12H,1-4H3.